The van der Waals surface area contributed by atoms with Crippen LogP contribution in [0.2, 0.25) is 0 Å². The number of benzene rings is 2. The van der Waals surface area contributed by atoms with Crippen LogP contribution in [0.1, 0.15) is 17.9 Å². The van der Waals surface area contributed by atoms with Gasteiger partial charge in [-0.3, -0.25) is 4.79 Å². The third-order valence-electron chi connectivity index (χ3n) is 3.53. The lowest BCUT2D eigenvalue weighted by molar-refractivity contribution is -0.137. The molecule has 0 unspecified atom stereocenters. The van der Waals surface area contributed by atoms with E-state index in [2.05, 4.69) is 15.5 Å². The quantitative estimate of drug-likeness (QED) is 0.735. The van der Waals surface area contributed by atoms with Crippen molar-refractivity contribution in [2.75, 3.05) is 5.32 Å². The summed E-state index contributed by atoms with van der Waals surface area (Å²) in [5, 5.41) is 10.3. The van der Waals surface area contributed by atoms with Gasteiger partial charge in [-0.05, 0) is 30.3 Å². The number of aryl methyl sites for hydroxylation is 1. The first kappa shape index (κ1) is 17.7. The van der Waals surface area contributed by atoms with E-state index in [1.165, 1.54) is 12.1 Å². The summed E-state index contributed by atoms with van der Waals surface area (Å²) in [7, 11) is 0. The standard InChI is InChI=1S/C18H14F3N3O2/c19-18(20,21)13-6-4-5-12(11-13)17-24-23-16(26-17)10-9-15(25)22-14-7-2-1-3-8-14/h1-8,11H,9-10H2,(H,22,25). The van der Waals surface area contributed by atoms with E-state index < -0.39 is 11.7 Å². The van der Waals surface area contributed by atoms with Gasteiger partial charge in [-0.15, -0.1) is 10.2 Å². The number of anilines is 1. The lowest BCUT2D eigenvalue weighted by Crippen LogP contribution is -2.12. The molecule has 0 aliphatic heterocycles. The summed E-state index contributed by atoms with van der Waals surface area (Å²) >= 11 is 0. The van der Waals surface area contributed by atoms with E-state index in [0.29, 0.717) is 5.69 Å². The molecule has 1 N–H and O–H groups in total. The lowest BCUT2D eigenvalue weighted by atomic mass is 10.1. The molecule has 3 rings (SSSR count). The maximum absolute atomic E-state index is 12.8. The number of hydrogen-bond donors (Lipinski definition) is 1. The van der Waals surface area contributed by atoms with E-state index in [0.717, 1.165) is 12.1 Å². The maximum Gasteiger partial charge on any atom is 0.416 e. The molecule has 3 aromatic rings. The van der Waals surface area contributed by atoms with Crippen LogP contribution in [0.4, 0.5) is 18.9 Å². The average Bonchev–Trinajstić information content (AvgIpc) is 3.09. The number of alkyl halides is 3. The minimum Gasteiger partial charge on any atom is -0.421 e. The Morgan fingerprint density at radius 1 is 1.04 bits per heavy atom. The molecule has 1 aromatic heterocycles. The molecular weight excluding hydrogens is 347 g/mol. The second-order valence-electron chi connectivity index (χ2n) is 5.49. The van der Waals surface area contributed by atoms with Crippen molar-refractivity contribution in [2.24, 2.45) is 0 Å². The average molecular weight is 361 g/mol. The van der Waals surface area contributed by atoms with Crippen molar-refractivity contribution in [2.45, 2.75) is 19.0 Å². The van der Waals surface area contributed by atoms with Crippen molar-refractivity contribution < 1.29 is 22.4 Å². The van der Waals surface area contributed by atoms with E-state index in [9.17, 15) is 18.0 Å². The zero-order valence-corrected chi connectivity index (χ0v) is 13.5. The first-order valence-electron chi connectivity index (χ1n) is 7.77. The number of nitrogens with zero attached hydrogens (tertiary/aromatic N) is 2. The normalized spacial score (nSPS) is 11.3. The van der Waals surface area contributed by atoms with Crippen LogP contribution in [0.3, 0.4) is 0 Å². The van der Waals surface area contributed by atoms with Gasteiger partial charge in [0.25, 0.3) is 0 Å². The summed E-state index contributed by atoms with van der Waals surface area (Å²) in [6.07, 6.45) is -4.15. The van der Waals surface area contributed by atoms with Gasteiger partial charge in [0.05, 0.1) is 5.56 Å². The molecule has 0 radical (unpaired) electrons. The molecule has 0 saturated carbocycles. The zero-order chi connectivity index (χ0) is 18.6. The predicted molar refractivity (Wildman–Crippen MR) is 88.1 cm³/mol. The molecule has 1 amide bonds. The van der Waals surface area contributed by atoms with Gasteiger partial charge in [-0.2, -0.15) is 13.2 Å². The molecule has 0 bridgehead atoms. The fourth-order valence-corrected chi connectivity index (χ4v) is 2.27. The minimum atomic E-state index is -4.45. The Bertz CT molecular complexity index is 892. The molecule has 0 spiro atoms. The topological polar surface area (TPSA) is 68.0 Å². The summed E-state index contributed by atoms with van der Waals surface area (Å²) in [4.78, 5) is 11.9. The molecule has 5 nitrogen and oxygen atoms in total. The number of carbonyl (C=O) groups excluding carboxylic acids is 1. The maximum atomic E-state index is 12.8. The molecular formula is C18H14F3N3O2. The fraction of sp³-hybridized carbons (Fsp3) is 0.167. The summed E-state index contributed by atoms with van der Waals surface area (Å²) in [5.74, 6) is -0.0646. The van der Waals surface area contributed by atoms with Gasteiger partial charge in [-0.1, -0.05) is 24.3 Å². The lowest BCUT2D eigenvalue weighted by Gasteiger charge is -2.06. The largest absolute Gasteiger partial charge is 0.421 e. The highest BCUT2D eigenvalue weighted by molar-refractivity contribution is 5.90. The van der Waals surface area contributed by atoms with E-state index in [1.807, 2.05) is 6.07 Å². The Labute approximate surface area is 146 Å². The molecule has 1 heterocycles. The van der Waals surface area contributed by atoms with Crippen molar-refractivity contribution in [3.63, 3.8) is 0 Å². The Morgan fingerprint density at radius 3 is 2.54 bits per heavy atom. The van der Waals surface area contributed by atoms with Crippen molar-refractivity contribution >= 4 is 11.6 Å². The van der Waals surface area contributed by atoms with Crippen molar-refractivity contribution in [3.05, 3.63) is 66.1 Å². The number of rotatable bonds is 5. The van der Waals surface area contributed by atoms with E-state index >= 15 is 0 Å². The predicted octanol–water partition coefficient (Wildman–Crippen LogP) is 4.33. The van der Waals surface area contributed by atoms with Gasteiger partial charge in [0, 0.05) is 24.1 Å². The Hall–Kier alpha value is -3.16. The molecule has 26 heavy (non-hydrogen) atoms. The van der Waals surface area contributed by atoms with Gasteiger partial charge in [-0.25, -0.2) is 0 Å². The van der Waals surface area contributed by atoms with Crippen molar-refractivity contribution in [3.8, 4) is 11.5 Å². The molecule has 0 aliphatic carbocycles. The molecule has 0 aliphatic rings. The SMILES string of the molecule is O=C(CCc1nnc(-c2cccc(C(F)(F)F)c2)o1)Nc1ccccc1. The first-order valence-corrected chi connectivity index (χ1v) is 7.77. The zero-order valence-electron chi connectivity index (χ0n) is 13.5. The van der Waals surface area contributed by atoms with E-state index in [-0.39, 0.29) is 36.1 Å². The minimum absolute atomic E-state index is 0.0189. The third-order valence-corrected chi connectivity index (χ3v) is 3.53. The summed E-state index contributed by atoms with van der Waals surface area (Å²) in [6, 6.07) is 13.6. The monoisotopic (exact) mass is 361 g/mol. The van der Waals surface area contributed by atoms with Crippen molar-refractivity contribution in [1.82, 2.24) is 10.2 Å². The fourth-order valence-electron chi connectivity index (χ4n) is 2.27. The Kier molecular flexibility index (Phi) is 5.01. The molecule has 0 saturated heterocycles. The van der Waals surface area contributed by atoms with Crippen LogP contribution in [-0.2, 0) is 17.4 Å². The van der Waals surface area contributed by atoms with E-state index in [1.54, 1.807) is 24.3 Å². The molecule has 0 fully saturated rings. The molecule has 2 aromatic carbocycles. The van der Waals surface area contributed by atoms with Crippen LogP contribution < -0.4 is 5.32 Å². The van der Waals surface area contributed by atoms with Crippen LogP contribution in [0, 0.1) is 0 Å². The number of halogens is 3. The molecule has 8 heteroatoms. The van der Waals surface area contributed by atoms with E-state index in [4.69, 9.17) is 4.42 Å². The number of para-hydroxylation sites is 1. The second-order valence-corrected chi connectivity index (χ2v) is 5.49. The summed E-state index contributed by atoms with van der Waals surface area (Å²) in [5.41, 5.74) is 0.0528. The Morgan fingerprint density at radius 2 is 1.81 bits per heavy atom. The van der Waals surface area contributed by atoms with Gasteiger partial charge in [0.2, 0.25) is 17.7 Å². The van der Waals surface area contributed by atoms with Gasteiger partial charge in [0.1, 0.15) is 0 Å². The van der Waals surface area contributed by atoms with Crippen LogP contribution in [0.5, 0.6) is 0 Å². The summed E-state index contributed by atoms with van der Waals surface area (Å²) < 4.78 is 43.7. The Balaban J connectivity index is 1.62. The van der Waals surface area contributed by atoms with Gasteiger partial charge >= 0.3 is 6.18 Å². The van der Waals surface area contributed by atoms with Gasteiger partial charge in [0.15, 0.2) is 0 Å². The van der Waals surface area contributed by atoms with Crippen LogP contribution in [0.25, 0.3) is 11.5 Å². The van der Waals surface area contributed by atoms with Crippen molar-refractivity contribution in [1.29, 1.82) is 0 Å². The highest BCUT2D eigenvalue weighted by atomic mass is 19.4. The highest BCUT2D eigenvalue weighted by Crippen LogP contribution is 2.31. The smallest absolute Gasteiger partial charge is 0.416 e. The van der Waals surface area contributed by atoms with Crippen LogP contribution in [-0.4, -0.2) is 16.1 Å². The number of amides is 1. The first-order chi connectivity index (χ1) is 12.4. The molecule has 134 valence electrons. The van der Waals surface area contributed by atoms with Crippen LogP contribution in [0.15, 0.2) is 59.0 Å². The summed E-state index contributed by atoms with van der Waals surface area (Å²) in [6.45, 7) is 0. The van der Waals surface area contributed by atoms with Crippen LogP contribution >= 0.6 is 0 Å². The third kappa shape index (κ3) is 4.47. The van der Waals surface area contributed by atoms with Gasteiger partial charge < -0.3 is 9.73 Å². The number of hydrogen-bond acceptors (Lipinski definition) is 4. The number of aromatic nitrogens is 2. The highest BCUT2D eigenvalue weighted by Gasteiger charge is 2.30. The second kappa shape index (κ2) is 7.38. The number of nitrogens with one attached hydrogen (secondary N) is 1. The molecule has 0 atom stereocenters. The number of carbonyl (C=O) groups is 1.